The lowest BCUT2D eigenvalue weighted by Gasteiger charge is -2.18. The predicted octanol–water partition coefficient (Wildman–Crippen LogP) is 3.67. The average molecular weight is 331 g/mol. The summed E-state index contributed by atoms with van der Waals surface area (Å²) in [4.78, 5) is 25.8. The molecule has 0 aromatic heterocycles. The molecule has 0 spiro atoms. The van der Waals surface area contributed by atoms with E-state index in [-0.39, 0.29) is 18.4 Å². The van der Waals surface area contributed by atoms with Crippen molar-refractivity contribution in [1.29, 1.82) is 0 Å². The quantitative estimate of drug-likeness (QED) is 0.930. The summed E-state index contributed by atoms with van der Waals surface area (Å²) in [6, 6.07) is 12.4. The van der Waals surface area contributed by atoms with Crippen LogP contribution in [0, 0.1) is 13.8 Å². The summed E-state index contributed by atoms with van der Waals surface area (Å²) in [5.41, 5.74) is 3.34. The maximum Gasteiger partial charge on any atom is 0.254 e. The zero-order valence-corrected chi connectivity index (χ0v) is 14.1. The fourth-order valence-corrected chi connectivity index (χ4v) is 2.40. The van der Waals surface area contributed by atoms with Crippen molar-refractivity contribution in [2.45, 2.75) is 13.8 Å². The zero-order chi connectivity index (χ0) is 17.0. The molecule has 0 fully saturated rings. The number of amides is 2. The number of carbonyl (C=O) groups is 2. The molecule has 0 saturated heterocycles. The second-order valence-corrected chi connectivity index (χ2v) is 5.90. The number of nitrogens with one attached hydrogen (secondary N) is 1. The number of nitrogens with zero attached hydrogens (tertiary/aromatic N) is 1. The molecule has 0 atom stereocenters. The number of carbonyl (C=O) groups excluding carboxylic acids is 2. The van der Waals surface area contributed by atoms with Crippen molar-refractivity contribution in [1.82, 2.24) is 4.90 Å². The molecular formula is C18H19ClN2O2. The van der Waals surface area contributed by atoms with E-state index in [1.807, 2.05) is 32.0 Å². The van der Waals surface area contributed by atoms with Crippen LogP contribution in [0.3, 0.4) is 0 Å². The standard InChI is InChI=1S/C18H19ClN2O2/c1-12-6-4-9-16(13(12)2)20-17(22)11-21(3)18(23)14-7-5-8-15(19)10-14/h4-10H,11H2,1-3H3,(H,20,22). The van der Waals surface area contributed by atoms with Gasteiger partial charge in [-0.05, 0) is 49.2 Å². The van der Waals surface area contributed by atoms with Gasteiger partial charge in [0.1, 0.15) is 0 Å². The lowest BCUT2D eigenvalue weighted by Crippen LogP contribution is -2.35. The van der Waals surface area contributed by atoms with Crippen molar-refractivity contribution in [3.05, 3.63) is 64.2 Å². The molecule has 4 nitrogen and oxygen atoms in total. The van der Waals surface area contributed by atoms with Crippen LogP contribution in [0.1, 0.15) is 21.5 Å². The van der Waals surface area contributed by atoms with Crippen LogP contribution in [0.4, 0.5) is 5.69 Å². The van der Waals surface area contributed by atoms with Gasteiger partial charge in [0.25, 0.3) is 5.91 Å². The van der Waals surface area contributed by atoms with Crippen molar-refractivity contribution >= 4 is 29.1 Å². The summed E-state index contributed by atoms with van der Waals surface area (Å²) in [5, 5.41) is 3.33. The lowest BCUT2D eigenvalue weighted by atomic mass is 10.1. The number of halogens is 1. The van der Waals surface area contributed by atoms with Crippen LogP contribution in [-0.4, -0.2) is 30.3 Å². The zero-order valence-electron chi connectivity index (χ0n) is 13.4. The van der Waals surface area contributed by atoms with Crippen molar-refractivity contribution in [2.75, 3.05) is 18.9 Å². The number of rotatable bonds is 4. The van der Waals surface area contributed by atoms with E-state index in [4.69, 9.17) is 11.6 Å². The molecule has 1 N–H and O–H groups in total. The van der Waals surface area contributed by atoms with Crippen molar-refractivity contribution < 1.29 is 9.59 Å². The highest BCUT2D eigenvalue weighted by molar-refractivity contribution is 6.31. The fourth-order valence-electron chi connectivity index (χ4n) is 2.21. The largest absolute Gasteiger partial charge is 0.332 e. The number of anilines is 1. The van der Waals surface area contributed by atoms with Gasteiger partial charge in [0.05, 0.1) is 6.54 Å². The average Bonchev–Trinajstić information content (AvgIpc) is 2.51. The molecule has 2 rings (SSSR count). The maximum atomic E-state index is 12.3. The monoisotopic (exact) mass is 330 g/mol. The first-order valence-electron chi connectivity index (χ1n) is 7.25. The Morgan fingerprint density at radius 1 is 1.13 bits per heavy atom. The van der Waals surface area contributed by atoms with Crippen molar-refractivity contribution in [3.8, 4) is 0 Å². The van der Waals surface area contributed by atoms with Gasteiger partial charge in [-0.2, -0.15) is 0 Å². The number of likely N-dealkylation sites (N-methyl/N-ethyl adjacent to an activating group) is 1. The van der Waals surface area contributed by atoms with Crippen molar-refractivity contribution in [2.24, 2.45) is 0 Å². The SMILES string of the molecule is Cc1cccc(NC(=O)CN(C)C(=O)c2cccc(Cl)c2)c1C. The molecular weight excluding hydrogens is 312 g/mol. The minimum atomic E-state index is -0.247. The highest BCUT2D eigenvalue weighted by Gasteiger charge is 2.15. The second kappa shape index (κ2) is 7.29. The van der Waals surface area contributed by atoms with E-state index in [1.54, 1.807) is 31.3 Å². The second-order valence-electron chi connectivity index (χ2n) is 5.47. The van der Waals surface area contributed by atoms with Gasteiger partial charge in [-0.1, -0.05) is 29.8 Å². The van der Waals surface area contributed by atoms with Gasteiger partial charge in [0, 0.05) is 23.3 Å². The Labute approximate surface area is 141 Å². The van der Waals surface area contributed by atoms with Gasteiger partial charge in [0.15, 0.2) is 0 Å². The molecule has 2 aromatic rings. The summed E-state index contributed by atoms with van der Waals surface area (Å²) < 4.78 is 0. The molecule has 0 aliphatic carbocycles. The van der Waals surface area contributed by atoms with Crippen LogP contribution in [0.25, 0.3) is 0 Å². The molecule has 0 unspecified atom stereocenters. The Bertz CT molecular complexity index is 744. The molecule has 0 aliphatic heterocycles. The molecule has 0 bridgehead atoms. The number of hydrogen-bond acceptors (Lipinski definition) is 2. The number of benzene rings is 2. The van der Waals surface area contributed by atoms with Crippen LogP contribution in [0.2, 0.25) is 5.02 Å². The van der Waals surface area contributed by atoms with Gasteiger partial charge >= 0.3 is 0 Å². The van der Waals surface area contributed by atoms with Crippen LogP contribution in [0.5, 0.6) is 0 Å². The summed E-state index contributed by atoms with van der Waals surface area (Å²) in [6.07, 6.45) is 0. The molecule has 5 heteroatoms. The van der Waals surface area contributed by atoms with E-state index in [1.165, 1.54) is 4.90 Å². The van der Waals surface area contributed by atoms with E-state index in [0.29, 0.717) is 10.6 Å². The number of aryl methyl sites for hydroxylation is 1. The molecule has 2 aromatic carbocycles. The van der Waals surface area contributed by atoms with Gasteiger partial charge in [-0.3, -0.25) is 9.59 Å². The number of hydrogen-bond donors (Lipinski definition) is 1. The lowest BCUT2D eigenvalue weighted by molar-refractivity contribution is -0.116. The third-order valence-electron chi connectivity index (χ3n) is 3.68. The third kappa shape index (κ3) is 4.33. The first-order valence-corrected chi connectivity index (χ1v) is 7.63. The van der Waals surface area contributed by atoms with Crippen LogP contribution >= 0.6 is 11.6 Å². The molecule has 0 aliphatic rings. The Morgan fingerprint density at radius 3 is 2.52 bits per heavy atom. The summed E-state index contributed by atoms with van der Waals surface area (Å²) >= 11 is 5.89. The summed E-state index contributed by atoms with van der Waals surface area (Å²) in [5.74, 6) is -0.486. The van der Waals surface area contributed by atoms with Crippen LogP contribution in [0.15, 0.2) is 42.5 Å². The smallest absolute Gasteiger partial charge is 0.254 e. The minimum Gasteiger partial charge on any atom is -0.332 e. The first-order chi connectivity index (χ1) is 10.9. The van der Waals surface area contributed by atoms with E-state index in [0.717, 1.165) is 16.8 Å². The Hall–Kier alpha value is -2.33. The third-order valence-corrected chi connectivity index (χ3v) is 3.91. The minimum absolute atomic E-state index is 0.0290. The van der Waals surface area contributed by atoms with Crippen LogP contribution in [-0.2, 0) is 4.79 Å². The highest BCUT2D eigenvalue weighted by atomic mass is 35.5. The highest BCUT2D eigenvalue weighted by Crippen LogP contribution is 2.18. The molecule has 0 radical (unpaired) electrons. The Balaban J connectivity index is 2.02. The molecule has 2 amide bonds. The van der Waals surface area contributed by atoms with Gasteiger partial charge in [-0.15, -0.1) is 0 Å². The normalized spacial score (nSPS) is 10.3. The Kier molecular flexibility index (Phi) is 5.40. The topological polar surface area (TPSA) is 49.4 Å². The van der Waals surface area contributed by atoms with Crippen molar-refractivity contribution in [3.63, 3.8) is 0 Å². The first kappa shape index (κ1) is 17.0. The maximum absolute atomic E-state index is 12.3. The predicted molar refractivity (Wildman–Crippen MR) is 93.0 cm³/mol. The van der Waals surface area contributed by atoms with Gasteiger partial charge in [0.2, 0.25) is 5.91 Å². The van der Waals surface area contributed by atoms with Crippen LogP contribution < -0.4 is 5.32 Å². The van der Waals surface area contributed by atoms with Gasteiger partial charge in [-0.25, -0.2) is 0 Å². The van der Waals surface area contributed by atoms with E-state index < -0.39 is 0 Å². The van der Waals surface area contributed by atoms with E-state index >= 15 is 0 Å². The fraction of sp³-hybridized carbons (Fsp3) is 0.222. The summed E-state index contributed by atoms with van der Waals surface area (Å²) in [6.45, 7) is 3.91. The molecule has 23 heavy (non-hydrogen) atoms. The van der Waals surface area contributed by atoms with E-state index in [9.17, 15) is 9.59 Å². The molecule has 0 heterocycles. The van der Waals surface area contributed by atoms with Gasteiger partial charge < -0.3 is 10.2 Å². The van der Waals surface area contributed by atoms with E-state index in [2.05, 4.69) is 5.32 Å². The molecule has 0 saturated carbocycles. The molecule has 120 valence electrons. The summed E-state index contributed by atoms with van der Waals surface area (Å²) in [7, 11) is 1.59. The Morgan fingerprint density at radius 2 is 1.83 bits per heavy atom.